The number of benzene rings is 3. The second kappa shape index (κ2) is 15.8. The summed E-state index contributed by atoms with van der Waals surface area (Å²) < 4.78 is 5.04. The number of amidine groups is 1. The van der Waals surface area contributed by atoms with Crippen LogP contribution in [0.15, 0.2) is 64.8 Å². The van der Waals surface area contributed by atoms with Crippen molar-refractivity contribution in [2.45, 2.75) is 79.5 Å². The van der Waals surface area contributed by atoms with Crippen molar-refractivity contribution in [3.8, 4) is 0 Å². The van der Waals surface area contributed by atoms with Gasteiger partial charge in [-0.15, -0.1) is 5.10 Å². The van der Waals surface area contributed by atoms with Gasteiger partial charge in [0.2, 0.25) is 0 Å². The molecule has 0 aromatic heterocycles. The molecule has 0 unspecified atom stereocenters. The van der Waals surface area contributed by atoms with Gasteiger partial charge in [-0.3, -0.25) is 0 Å². The zero-order valence-corrected chi connectivity index (χ0v) is 24.3. The number of fused-ring (bicyclic) bond motifs is 2. The molecule has 0 amide bonds. The Hall–Kier alpha value is -2.08. The van der Waals surface area contributed by atoms with Crippen LogP contribution in [0, 0.1) is 0 Å². The van der Waals surface area contributed by atoms with E-state index in [4.69, 9.17) is 5.73 Å². The molecule has 0 radical (unpaired) electrons. The van der Waals surface area contributed by atoms with Gasteiger partial charge in [0.05, 0.1) is 11.7 Å². The molecule has 0 spiro atoms. The molecule has 3 rings (SSSR count). The first-order chi connectivity index (χ1) is 16.5. The van der Waals surface area contributed by atoms with Gasteiger partial charge < -0.3 is 10.8 Å². The fourth-order valence-electron chi connectivity index (χ4n) is 4.12. The third-order valence-electron chi connectivity index (χ3n) is 6.09. The third kappa shape index (κ3) is 9.28. The molecule has 3 aromatic rings. The summed E-state index contributed by atoms with van der Waals surface area (Å²) in [6, 6.07) is 17.7. The number of nitrogens with zero attached hydrogens (tertiary/aromatic N) is 2. The Morgan fingerprint density at radius 3 is 1.82 bits per heavy atom. The number of nitrogens with two attached hydrogens (primary N) is 1. The number of unbranched alkanes of at least 4 members (excludes halogenated alkanes) is 3. The molecule has 0 aliphatic rings. The molecule has 5 heteroatoms. The molecule has 0 aliphatic heterocycles. The summed E-state index contributed by atoms with van der Waals surface area (Å²) in [7, 11) is 0. The van der Waals surface area contributed by atoms with Gasteiger partial charge in [-0.05, 0) is 40.6 Å². The number of hydrogen-bond donors (Lipinski definition) is 1. The van der Waals surface area contributed by atoms with Crippen molar-refractivity contribution < 1.29 is 5.11 Å². The van der Waals surface area contributed by atoms with Gasteiger partial charge in [-0.2, -0.15) is 5.10 Å². The van der Waals surface area contributed by atoms with Crippen LogP contribution in [0.3, 0.4) is 0 Å². The van der Waals surface area contributed by atoms with Crippen molar-refractivity contribution in [2.75, 3.05) is 0 Å². The summed E-state index contributed by atoms with van der Waals surface area (Å²) in [6.07, 6.45) is 8.85. The number of rotatable bonds is 11. The molecular weight excluding hydrogens is 525 g/mol. The van der Waals surface area contributed by atoms with Gasteiger partial charge >= 0.3 is 92.4 Å². The fraction of sp³-hybridized carbons (Fsp3) is 0.448. The maximum atomic E-state index is 10.7. The molecule has 0 atom stereocenters. The van der Waals surface area contributed by atoms with E-state index in [0.29, 0.717) is 5.71 Å². The summed E-state index contributed by atoms with van der Waals surface area (Å²) in [5.74, 6) is 0. The minimum absolute atomic E-state index is 0.662. The first kappa shape index (κ1) is 28.2. The molecule has 34 heavy (non-hydrogen) atoms. The van der Waals surface area contributed by atoms with Crippen LogP contribution >= 0.6 is 0 Å². The van der Waals surface area contributed by atoms with Crippen LogP contribution in [0.4, 0.5) is 0 Å². The van der Waals surface area contributed by atoms with Crippen LogP contribution in [0.5, 0.6) is 0 Å². The van der Waals surface area contributed by atoms with Gasteiger partial charge in [-0.1, -0.05) is 42.5 Å². The van der Waals surface area contributed by atoms with E-state index < -0.39 is 25.8 Å². The van der Waals surface area contributed by atoms with E-state index in [2.05, 4.69) is 61.3 Å². The van der Waals surface area contributed by atoms with E-state index in [1.807, 2.05) is 31.2 Å². The normalized spacial score (nSPS) is 12.0. The predicted molar refractivity (Wildman–Crippen MR) is 150 cm³/mol. The fourth-order valence-corrected chi connectivity index (χ4v) is 13.6. The standard InChI is InChI=1S/C17H15N3O.3C4H9.Sn/c1-11(19-20-17(18)21)15-8-4-7-14-9-12-5-2-3-6-13(12)10-16(14)15;3*1-3-4-2;/h2-10H,1H3,(H3,18,20,21);3*1,3-4H2,2H3;/q;;;;+1/p-1/b19-11+;;;;. The topological polar surface area (TPSA) is 73.8 Å². The second-order valence-corrected chi connectivity index (χ2v) is 17.5. The molecular formula is C29H41N3OSn. The van der Waals surface area contributed by atoms with E-state index in [1.165, 1.54) is 43.9 Å². The Kier molecular flexibility index (Phi) is 13.0. The summed E-state index contributed by atoms with van der Waals surface area (Å²) in [5.41, 5.74) is 6.60. The maximum absolute atomic E-state index is 10.7. The molecule has 182 valence electrons. The molecule has 0 heterocycles. The molecule has 3 aromatic carbocycles. The van der Waals surface area contributed by atoms with Crippen LogP contribution < -0.4 is 10.8 Å². The van der Waals surface area contributed by atoms with Crippen molar-refractivity contribution >= 4 is 53.0 Å². The third-order valence-corrected chi connectivity index (χ3v) is 15.2. The van der Waals surface area contributed by atoms with Crippen LogP contribution in [0.25, 0.3) is 21.5 Å². The van der Waals surface area contributed by atoms with E-state index in [0.717, 1.165) is 21.7 Å². The van der Waals surface area contributed by atoms with E-state index >= 15 is 0 Å². The first-order valence-corrected chi connectivity index (χ1v) is 18.9. The quantitative estimate of drug-likeness (QED) is 0.0872. The van der Waals surface area contributed by atoms with Gasteiger partial charge in [0.1, 0.15) is 0 Å². The van der Waals surface area contributed by atoms with Crippen LogP contribution in [0.1, 0.15) is 71.8 Å². The SMILES string of the molecule is C/C(=N\N=C(\N)[O-])c1cccc2cc3ccccc3cc12.CCC[CH2][Sn+]([CH2]CCC)[CH2]CCC. The molecule has 0 aliphatic carbocycles. The van der Waals surface area contributed by atoms with Crippen molar-refractivity contribution in [2.24, 2.45) is 15.9 Å². The van der Waals surface area contributed by atoms with Crippen LogP contribution in [0.2, 0.25) is 13.3 Å². The van der Waals surface area contributed by atoms with Crippen molar-refractivity contribution in [1.29, 1.82) is 0 Å². The van der Waals surface area contributed by atoms with Crippen molar-refractivity contribution in [3.63, 3.8) is 0 Å². The number of hydrogen-bond acceptors (Lipinski definition) is 3. The Morgan fingerprint density at radius 2 is 1.29 bits per heavy atom. The Morgan fingerprint density at radius 1 is 0.765 bits per heavy atom. The average molecular weight is 566 g/mol. The monoisotopic (exact) mass is 567 g/mol. The Balaban J connectivity index is 0.000000273. The van der Waals surface area contributed by atoms with Crippen LogP contribution in [-0.2, 0) is 0 Å². The summed E-state index contributed by atoms with van der Waals surface area (Å²) in [6.45, 7) is 8.82. The summed E-state index contributed by atoms with van der Waals surface area (Å²) in [4.78, 5) is 0. The van der Waals surface area contributed by atoms with Crippen molar-refractivity contribution in [1.82, 2.24) is 0 Å². The molecule has 0 bridgehead atoms. The Labute approximate surface area is 213 Å². The molecule has 0 saturated heterocycles. The zero-order chi connectivity index (χ0) is 24.8. The zero-order valence-electron chi connectivity index (χ0n) is 21.4. The first-order valence-electron chi connectivity index (χ1n) is 12.8. The van der Waals surface area contributed by atoms with Gasteiger partial charge in [0, 0.05) is 5.56 Å². The molecule has 0 fully saturated rings. The van der Waals surface area contributed by atoms with Gasteiger partial charge in [-0.25, -0.2) is 0 Å². The van der Waals surface area contributed by atoms with Crippen molar-refractivity contribution in [3.05, 3.63) is 60.2 Å². The van der Waals surface area contributed by atoms with Crippen LogP contribution in [-0.4, -0.2) is 31.5 Å². The average Bonchev–Trinajstić information content (AvgIpc) is 2.85. The van der Waals surface area contributed by atoms with E-state index in [9.17, 15) is 5.11 Å². The predicted octanol–water partition coefficient (Wildman–Crippen LogP) is 7.27. The van der Waals surface area contributed by atoms with Gasteiger partial charge in [0.25, 0.3) is 0 Å². The molecule has 2 N–H and O–H groups in total. The second-order valence-electron chi connectivity index (χ2n) is 8.91. The minimum atomic E-state index is -0.839. The Bertz CT molecular complexity index is 1050. The van der Waals surface area contributed by atoms with E-state index in [1.54, 1.807) is 13.3 Å². The molecule has 0 saturated carbocycles. The van der Waals surface area contributed by atoms with Gasteiger partial charge in [0.15, 0.2) is 0 Å². The summed E-state index contributed by atoms with van der Waals surface area (Å²) >= 11 is -0.839. The summed E-state index contributed by atoms with van der Waals surface area (Å²) in [5, 5.41) is 22.6. The van der Waals surface area contributed by atoms with E-state index in [-0.39, 0.29) is 0 Å². The molecule has 4 nitrogen and oxygen atoms in total.